The highest BCUT2D eigenvalue weighted by molar-refractivity contribution is 7.84. The molecule has 0 radical (unpaired) electrons. The van der Waals surface area contributed by atoms with Gasteiger partial charge in [-0.1, -0.05) is 13.0 Å². The minimum absolute atomic E-state index is 0.129. The second kappa shape index (κ2) is 8.35. The van der Waals surface area contributed by atoms with E-state index in [0.717, 1.165) is 6.42 Å². The van der Waals surface area contributed by atoms with E-state index >= 15 is 0 Å². The minimum atomic E-state index is -0.999. The molecule has 21 heavy (non-hydrogen) atoms. The van der Waals surface area contributed by atoms with E-state index in [1.165, 1.54) is 18.2 Å². The number of nitro groups is 1. The van der Waals surface area contributed by atoms with Crippen LogP contribution in [0, 0.1) is 10.1 Å². The van der Waals surface area contributed by atoms with Crippen molar-refractivity contribution >= 4 is 28.1 Å². The van der Waals surface area contributed by atoms with Gasteiger partial charge in [0.1, 0.15) is 5.69 Å². The molecule has 0 aliphatic heterocycles. The van der Waals surface area contributed by atoms with Gasteiger partial charge in [0.25, 0.3) is 11.6 Å². The Morgan fingerprint density at radius 3 is 2.67 bits per heavy atom. The van der Waals surface area contributed by atoms with E-state index in [0.29, 0.717) is 12.3 Å². The number of carbonyl (C=O) groups is 1. The molecule has 1 atom stereocenters. The molecule has 1 aromatic carbocycles. The van der Waals surface area contributed by atoms with Gasteiger partial charge in [0.05, 0.1) is 10.5 Å². The van der Waals surface area contributed by atoms with Crippen molar-refractivity contribution in [2.75, 3.05) is 30.4 Å². The molecule has 2 N–H and O–H groups in total. The Bertz CT molecular complexity index is 548. The number of hydrogen-bond acceptors (Lipinski definition) is 5. The number of amides is 1. The van der Waals surface area contributed by atoms with E-state index in [-0.39, 0.29) is 23.5 Å². The molecule has 8 heteroatoms. The quantitative estimate of drug-likeness (QED) is 0.560. The van der Waals surface area contributed by atoms with Crippen LogP contribution in [0.3, 0.4) is 0 Å². The molecule has 1 aromatic rings. The maximum Gasteiger partial charge on any atom is 0.293 e. The van der Waals surface area contributed by atoms with Gasteiger partial charge in [-0.05, 0) is 12.5 Å². The third-order valence-corrected chi connectivity index (χ3v) is 3.49. The lowest BCUT2D eigenvalue weighted by molar-refractivity contribution is -0.384. The summed E-state index contributed by atoms with van der Waals surface area (Å²) in [6.45, 7) is 2.72. The fourth-order valence-corrected chi connectivity index (χ4v) is 2.11. The first-order valence-electron chi connectivity index (χ1n) is 6.56. The smallest absolute Gasteiger partial charge is 0.293 e. The molecule has 0 spiro atoms. The summed E-state index contributed by atoms with van der Waals surface area (Å²) in [6.07, 6.45) is 2.33. The molecule has 0 aliphatic rings. The summed E-state index contributed by atoms with van der Waals surface area (Å²) < 4.78 is 11.0. The van der Waals surface area contributed by atoms with E-state index in [2.05, 4.69) is 10.6 Å². The number of nitrogens with one attached hydrogen (secondary N) is 2. The molecule has 7 nitrogen and oxygen atoms in total. The monoisotopic (exact) mass is 313 g/mol. The van der Waals surface area contributed by atoms with Crippen LogP contribution in [0.4, 0.5) is 11.4 Å². The van der Waals surface area contributed by atoms with Gasteiger partial charge in [0, 0.05) is 42.0 Å². The van der Waals surface area contributed by atoms with Crippen LogP contribution in [-0.4, -0.2) is 40.1 Å². The van der Waals surface area contributed by atoms with Crippen LogP contribution in [-0.2, 0) is 10.8 Å². The maximum atomic E-state index is 12.1. The van der Waals surface area contributed by atoms with Crippen LogP contribution >= 0.6 is 0 Å². The number of nitrogens with zero attached hydrogens (tertiary/aromatic N) is 1. The highest BCUT2D eigenvalue weighted by atomic mass is 32.2. The summed E-state index contributed by atoms with van der Waals surface area (Å²) >= 11 is 0. The Hall–Kier alpha value is -1.96. The molecule has 0 fully saturated rings. The number of para-hydroxylation sites is 1. The predicted octanol–water partition coefficient (Wildman–Crippen LogP) is 1.52. The molecule has 1 unspecified atom stereocenters. The molecule has 0 heterocycles. The maximum absolute atomic E-state index is 12.1. The molecule has 1 amide bonds. The van der Waals surface area contributed by atoms with E-state index in [1.807, 2.05) is 6.92 Å². The summed E-state index contributed by atoms with van der Waals surface area (Å²) in [4.78, 5) is 22.7. The van der Waals surface area contributed by atoms with Crippen LogP contribution in [0.2, 0.25) is 0 Å². The topological polar surface area (TPSA) is 101 Å². The van der Waals surface area contributed by atoms with Gasteiger partial charge in [-0.3, -0.25) is 19.1 Å². The zero-order chi connectivity index (χ0) is 15.8. The summed E-state index contributed by atoms with van der Waals surface area (Å²) in [6, 6.07) is 4.36. The Balaban J connectivity index is 2.98. The van der Waals surface area contributed by atoms with Crippen LogP contribution < -0.4 is 10.6 Å². The Kier molecular flexibility index (Phi) is 6.80. The van der Waals surface area contributed by atoms with Gasteiger partial charge < -0.3 is 10.6 Å². The van der Waals surface area contributed by atoms with Crippen molar-refractivity contribution < 1.29 is 13.9 Å². The lowest BCUT2D eigenvalue weighted by atomic mass is 10.1. The van der Waals surface area contributed by atoms with Crippen LogP contribution in [0.1, 0.15) is 23.7 Å². The van der Waals surface area contributed by atoms with Crippen molar-refractivity contribution in [2.24, 2.45) is 0 Å². The van der Waals surface area contributed by atoms with Crippen molar-refractivity contribution in [3.63, 3.8) is 0 Å². The largest absolute Gasteiger partial charge is 0.379 e. The number of anilines is 1. The molecular formula is C13H19N3O4S. The molecule has 0 aliphatic carbocycles. The minimum Gasteiger partial charge on any atom is -0.379 e. The summed E-state index contributed by atoms with van der Waals surface area (Å²) in [7, 11) is -0.999. The molecule has 0 saturated heterocycles. The van der Waals surface area contributed by atoms with Crippen LogP contribution in [0.25, 0.3) is 0 Å². The standard InChI is InChI=1S/C13H19N3O4S/c1-3-7-14-12-10(5-4-6-11(12)16(18)19)13(17)15-8-9-21(2)20/h4-6,14H,3,7-9H2,1-2H3,(H,15,17). The van der Waals surface area contributed by atoms with Crippen molar-refractivity contribution in [1.82, 2.24) is 5.32 Å². The third kappa shape index (κ3) is 5.14. The Labute approximate surface area is 125 Å². The van der Waals surface area contributed by atoms with Gasteiger partial charge >= 0.3 is 0 Å². The van der Waals surface area contributed by atoms with Gasteiger partial charge in [-0.25, -0.2) is 0 Å². The zero-order valence-corrected chi connectivity index (χ0v) is 12.9. The van der Waals surface area contributed by atoms with Crippen molar-refractivity contribution in [1.29, 1.82) is 0 Å². The first-order valence-corrected chi connectivity index (χ1v) is 8.29. The van der Waals surface area contributed by atoms with Gasteiger partial charge in [-0.15, -0.1) is 0 Å². The number of nitro benzene ring substituents is 1. The fourth-order valence-electron chi connectivity index (χ4n) is 1.72. The van der Waals surface area contributed by atoms with Gasteiger partial charge in [0.15, 0.2) is 0 Å². The Morgan fingerprint density at radius 1 is 1.38 bits per heavy atom. The van der Waals surface area contributed by atoms with E-state index in [1.54, 1.807) is 6.26 Å². The molecule has 0 aromatic heterocycles. The SMILES string of the molecule is CCCNc1c(C(=O)NCCS(C)=O)cccc1[N+](=O)[O-]. The third-order valence-electron chi connectivity index (χ3n) is 2.71. The molecule has 1 rings (SSSR count). The predicted molar refractivity (Wildman–Crippen MR) is 83.1 cm³/mol. The summed E-state index contributed by atoms with van der Waals surface area (Å²) in [5, 5.41) is 16.6. The lowest BCUT2D eigenvalue weighted by Gasteiger charge is -2.11. The Morgan fingerprint density at radius 2 is 2.10 bits per heavy atom. The second-order valence-electron chi connectivity index (χ2n) is 4.42. The van der Waals surface area contributed by atoms with E-state index in [9.17, 15) is 19.1 Å². The van der Waals surface area contributed by atoms with Gasteiger partial charge in [-0.2, -0.15) is 0 Å². The molecule has 0 bridgehead atoms. The van der Waals surface area contributed by atoms with Crippen LogP contribution in [0.15, 0.2) is 18.2 Å². The van der Waals surface area contributed by atoms with Crippen LogP contribution in [0.5, 0.6) is 0 Å². The zero-order valence-electron chi connectivity index (χ0n) is 12.0. The number of carbonyl (C=O) groups excluding carboxylic acids is 1. The highest BCUT2D eigenvalue weighted by Crippen LogP contribution is 2.28. The van der Waals surface area contributed by atoms with Gasteiger partial charge in [0.2, 0.25) is 0 Å². The lowest BCUT2D eigenvalue weighted by Crippen LogP contribution is -2.28. The first kappa shape index (κ1) is 17.1. The fraction of sp³-hybridized carbons (Fsp3) is 0.462. The normalized spacial score (nSPS) is 11.7. The molecule has 0 saturated carbocycles. The van der Waals surface area contributed by atoms with E-state index in [4.69, 9.17) is 0 Å². The average Bonchev–Trinajstić information content (AvgIpc) is 2.43. The van der Waals surface area contributed by atoms with Crippen molar-refractivity contribution in [3.8, 4) is 0 Å². The summed E-state index contributed by atoms with van der Waals surface area (Å²) in [5.41, 5.74) is 0.314. The molecule has 116 valence electrons. The average molecular weight is 313 g/mol. The van der Waals surface area contributed by atoms with Crippen molar-refractivity contribution in [3.05, 3.63) is 33.9 Å². The number of rotatable bonds is 8. The number of benzene rings is 1. The van der Waals surface area contributed by atoms with Crippen molar-refractivity contribution in [2.45, 2.75) is 13.3 Å². The highest BCUT2D eigenvalue weighted by Gasteiger charge is 2.21. The first-order chi connectivity index (χ1) is 9.97. The summed E-state index contributed by atoms with van der Waals surface area (Å²) in [5.74, 6) is -0.0685. The number of hydrogen-bond donors (Lipinski definition) is 2. The second-order valence-corrected chi connectivity index (χ2v) is 5.97. The molecular weight excluding hydrogens is 294 g/mol. The van der Waals surface area contributed by atoms with E-state index < -0.39 is 21.6 Å².